The molecule has 7 heteroatoms. The minimum absolute atomic E-state index is 0.307. The van der Waals surface area contributed by atoms with E-state index >= 15 is 0 Å². The van der Waals surface area contributed by atoms with E-state index in [1.807, 2.05) is 68.4 Å². The molecule has 0 aliphatic carbocycles. The third-order valence-corrected chi connectivity index (χ3v) is 7.22. The van der Waals surface area contributed by atoms with Gasteiger partial charge in [-0.3, -0.25) is 14.4 Å². The van der Waals surface area contributed by atoms with Crippen LogP contribution in [0.5, 0.6) is 0 Å². The van der Waals surface area contributed by atoms with E-state index in [4.69, 9.17) is 16.4 Å². The van der Waals surface area contributed by atoms with Crippen molar-refractivity contribution in [2.24, 2.45) is 5.41 Å². The highest BCUT2D eigenvalue weighted by molar-refractivity contribution is 9.10. The normalized spacial score (nSPS) is 24.9. The Labute approximate surface area is 199 Å². The Morgan fingerprint density at radius 2 is 1.66 bits per heavy atom. The van der Waals surface area contributed by atoms with E-state index in [9.17, 15) is 9.59 Å². The first kappa shape index (κ1) is 21.2. The lowest BCUT2D eigenvalue weighted by Crippen LogP contribution is -2.41. The number of amides is 2. The Hall–Kier alpha value is -2.67. The summed E-state index contributed by atoms with van der Waals surface area (Å²) in [4.78, 5) is 34.8. The summed E-state index contributed by atoms with van der Waals surface area (Å²) in [5.74, 6) is -0.697. The highest BCUT2D eigenvalue weighted by Crippen LogP contribution is 2.55. The smallest absolute Gasteiger partial charge is 0.266 e. The molecule has 0 N–H and O–H groups in total. The molecule has 2 heterocycles. The number of hydrogen-bond acceptors (Lipinski definition) is 4. The van der Waals surface area contributed by atoms with Crippen molar-refractivity contribution in [3.8, 4) is 0 Å². The highest BCUT2D eigenvalue weighted by Gasteiger charge is 2.68. The van der Waals surface area contributed by atoms with Gasteiger partial charge in [-0.05, 0) is 61.4 Å². The van der Waals surface area contributed by atoms with Crippen molar-refractivity contribution in [1.82, 2.24) is 0 Å². The van der Waals surface area contributed by atoms with Crippen molar-refractivity contribution < 1.29 is 14.4 Å². The molecule has 5 nitrogen and oxygen atoms in total. The Balaban J connectivity index is 1.64. The summed E-state index contributed by atoms with van der Waals surface area (Å²) in [6.45, 7) is 3.68. The Kier molecular flexibility index (Phi) is 5.12. The number of benzene rings is 3. The predicted molar refractivity (Wildman–Crippen MR) is 127 cm³/mol. The minimum atomic E-state index is -1.13. The molecule has 32 heavy (non-hydrogen) atoms. The zero-order valence-corrected chi connectivity index (χ0v) is 19.8. The Bertz CT molecular complexity index is 1220. The number of carbonyl (C=O) groups is 2. The van der Waals surface area contributed by atoms with E-state index in [1.54, 1.807) is 23.3 Å². The molecule has 0 bridgehead atoms. The molecule has 0 radical (unpaired) electrons. The lowest BCUT2D eigenvalue weighted by atomic mass is 9.76. The van der Waals surface area contributed by atoms with Crippen LogP contribution in [0.25, 0.3) is 0 Å². The molecule has 2 saturated heterocycles. The van der Waals surface area contributed by atoms with E-state index in [-0.39, 0.29) is 5.91 Å². The standard InChI is InChI=1S/C25H20BrClN2O3/c1-15-8-13-19(14-20(15)27)28-23(30)22-25(2,24(28)31)21(16-9-11-17(26)12-10-16)29(32-22)18-6-4-3-5-7-18/h3-14,21-22H,1-2H3/t21-,22-,25-/m0/s1. The Morgan fingerprint density at radius 3 is 2.31 bits per heavy atom. The minimum Gasteiger partial charge on any atom is -0.273 e. The van der Waals surface area contributed by atoms with Gasteiger partial charge in [-0.25, -0.2) is 9.96 Å². The van der Waals surface area contributed by atoms with Crippen molar-refractivity contribution in [3.63, 3.8) is 0 Å². The molecule has 3 aromatic carbocycles. The van der Waals surface area contributed by atoms with Crippen LogP contribution in [-0.2, 0) is 14.4 Å². The fourth-order valence-corrected chi connectivity index (χ4v) is 4.98. The number of nitrogens with zero attached hydrogens (tertiary/aromatic N) is 2. The topological polar surface area (TPSA) is 49.9 Å². The number of rotatable bonds is 3. The highest BCUT2D eigenvalue weighted by atomic mass is 79.9. The second-order valence-electron chi connectivity index (χ2n) is 8.30. The van der Waals surface area contributed by atoms with Crippen LogP contribution in [0.2, 0.25) is 5.02 Å². The fraction of sp³-hybridized carbons (Fsp3) is 0.200. The molecule has 0 saturated carbocycles. The van der Waals surface area contributed by atoms with Crippen molar-refractivity contribution in [2.75, 3.05) is 9.96 Å². The first-order chi connectivity index (χ1) is 15.3. The quantitative estimate of drug-likeness (QED) is 0.414. The number of hydroxylamine groups is 1. The van der Waals surface area contributed by atoms with Gasteiger partial charge >= 0.3 is 0 Å². The average Bonchev–Trinajstić information content (AvgIpc) is 3.20. The summed E-state index contributed by atoms with van der Waals surface area (Å²) >= 11 is 9.76. The molecule has 2 aliphatic heterocycles. The molecule has 0 unspecified atom stereocenters. The number of hydrogen-bond donors (Lipinski definition) is 0. The molecular weight excluding hydrogens is 492 g/mol. The number of para-hydroxylation sites is 1. The molecule has 5 rings (SSSR count). The molecule has 0 spiro atoms. The largest absolute Gasteiger partial charge is 0.273 e. The third-order valence-electron chi connectivity index (χ3n) is 6.28. The van der Waals surface area contributed by atoms with Gasteiger partial charge < -0.3 is 0 Å². The molecule has 2 fully saturated rings. The van der Waals surface area contributed by atoms with Crippen LogP contribution in [0.15, 0.2) is 77.3 Å². The predicted octanol–water partition coefficient (Wildman–Crippen LogP) is 5.85. The number of fused-ring (bicyclic) bond motifs is 1. The average molecular weight is 512 g/mol. The van der Waals surface area contributed by atoms with Gasteiger partial charge in [-0.2, -0.15) is 0 Å². The molecule has 0 aromatic heterocycles. The zero-order valence-electron chi connectivity index (χ0n) is 17.5. The summed E-state index contributed by atoms with van der Waals surface area (Å²) in [5.41, 5.74) is 1.86. The van der Waals surface area contributed by atoms with Crippen LogP contribution in [0, 0.1) is 12.3 Å². The van der Waals surface area contributed by atoms with Gasteiger partial charge in [0.1, 0.15) is 5.41 Å². The maximum atomic E-state index is 13.9. The molecule has 3 aromatic rings. The van der Waals surface area contributed by atoms with Gasteiger partial charge in [-0.15, -0.1) is 0 Å². The molecule has 2 aliphatic rings. The van der Waals surface area contributed by atoms with Gasteiger partial charge in [0.25, 0.3) is 5.91 Å². The van der Waals surface area contributed by atoms with Gasteiger partial charge in [0.15, 0.2) is 6.10 Å². The summed E-state index contributed by atoms with van der Waals surface area (Å²) in [5, 5.41) is 2.20. The van der Waals surface area contributed by atoms with Crippen LogP contribution in [0.1, 0.15) is 24.1 Å². The van der Waals surface area contributed by atoms with Crippen LogP contribution in [0.3, 0.4) is 0 Å². The van der Waals surface area contributed by atoms with E-state index in [0.29, 0.717) is 10.7 Å². The fourth-order valence-electron chi connectivity index (χ4n) is 4.54. The second-order valence-corrected chi connectivity index (χ2v) is 9.62. The monoisotopic (exact) mass is 510 g/mol. The molecule has 3 atom stereocenters. The Morgan fingerprint density at radius 1 is 0.969 bits per heavy atom. The SMILES string of the molecule is Cc1ccc(N2C(=O)[C@@H]3ON(c4ccccc4)[C@@H](c4ccc(Br)cc4)[C@]3(C)C2=O)cc1Cl. The van der Waals surface area contributed by atoms with Gasteiger partial charge in [0, 0.05) is 9.50 Å². The van der Waals surface area contributed by atoms with Crippen LogP contribution in [-0.4, -0.2) is 17.9 Å². The lowest BCUT2D eigenvalue weighted by Gasteiger charge is -2.32. The van der Waals surface area contributed by atoms with Crippen LogP contribution >= 0.6 is 27.5 Å². The van der Waals surface area contributed by atoms with Crippen molar-refractivity contribution in [1.29, 1.82) is 0 Å². The van der Waals surface area contributed by atoms with Crippen molar-refractivity contribution >= 4 is 50.7 Å². The van der Waals surface area contributed by atoms with E-state index < -0.39 is 23.5 Å². The second kappa shape index (κ2) is 7.73. The third kappa shape index (κ3) is 3.09. The summed E-state index contributed by atoms with van der Waals surface area (Å²) in [6.07, 6.45) is -0.955. The lowest BCUT2D eigenvalue weighted by molar-refractivity contribution is -0.128. The van der Waals surface area contributed by atoms with Gasteiger partial charge in [0.2, 0.25) is 5.91 Å². The van der Waals surface area contributed by atoms with E-state index in [2.05, 4.69) is 15.9 Å². The van der Waals surface area contributed by atoms with Crippen molar-refractivity contribution in [2.45, 2.75) is 26.0 Å². The molecule has 162 valence electrons. The first-order valence-electron chi connectivity index (χ1n) is 10.2. The van der Waals surface area contributed by atoms with E-state index in [0.717, 1.165) is 21.3 Å². The zero-order chi connectivity index (χ0) is 22.6. The summed E-state index contributed by atoms with van der Waals surface area (Å²) in [7, 11) is 0. The maximum absolute atomic E-state index is 13.9. The number of carbonyl (C=O) groups excluding carboxylic acids is 2. The van der Waals surface area contributed by atoms with Crippen molar-refractivity contribution in [3.05, 3.63) is 93.4 Å². The van der Waals surface area contributed by atoms with Gasteiger partial charge in [-0.1, -0.05) is 63.9 Å². The van der Waals surface area contributed by atoms with Crippen LogP contribution in [0.4, 0.5) is 11.4 Å². The number of imide groups is 1. The summed E-state index contributed by atoms with van der Waals surface area (Å²) in [6, 6.07) is 22.0. The molecular formula is C25H20BrClN2O3. The summed E-state index contributed by atoms with van der Waals surface area (Å²) < 4.78 is 0.929. The van der Waals surface area contributed by atoms with E-state index in [1.165, 1.54) is 4.90 Å². The number of aryl methyl sites for hydroxylation is 1. The maximum Gasteiger partial charge on any atom is 0.266 e. The number of halogens is 2. The van der Waals surface area contributed by atoms with Gasteiger partial charge in [0.05, 0.1) is 17.4 Å². The number of anilines is 2. The van der Waals surface area contributed by atoms with Crippen LogP contribution < -0.4 is 9.96 Å². The molecule has 2 amide bonds. The first-order valence-corrected chi connectivity index (χ1v) is 11.4.